The molecule has 0 saturated carbocycles. The molecule has 54 heavy (non-hydrogen) atoms. The summed E-state index contributed by atoms with van der Waals surface area (Å²) in [4.78, 5) is 37.9. The molecule has 4 rings (SSSR count). The minimum atomic E-state index is -5.17. The Morgan fingerprint density at radius 1 is 0.815 bits per heavy atom. The molecule has 0 bridgehead atoms. The van der Waals surface area contributed by atoms with Crippen LogP contribution in [0.1, 0.15) is 61.9 Å². The predicted octanol–water partition coefficient (Wildman–Crippen LogP) is 8.27. The summed E-state index contributed by atoms with van der Waals surface area (Å²) in [6, 6.07) is 3.35. The smallest absolute Gasteiger partial charge is 0.416 e. The maximum absolute atomic E-state index is 14.0. The van der Waals surface area contributed by atoms with Gasteiger partial charge in [0.1, 0.15) is 12.2 Å². The molecule has 296 valence electrons. The fraction of sp³-hybridized carbons (Fsp3) is 0.486. The Bertz CT molecular complexity index is 1720. The Labute approximate surface area is 304 Å². The molecule has 0 unspecified atom stereocenters. The first-order valence-corrected chi connectivity index (χ1v) is 16.6. The van der Waals surface area contributed by atoms with Crippen molar-refractivity contribution in [1.29, 1.82) is 0 Å². The summed E-state index contributed by atoms with van der Waals surface area (Å²) in [6.45, 7) is 6.21. The summed E-state index contributed by atoms with van der Waals surface area (Å²) in [5.74, 6) is -0.920. The van der Waals surface area contributed by atoms with Gasteiger partial charge in [0.05, 0.1) is 60.1 Å². The number of rotatable bonds is 11. The van der Waals surface area contributed by atoms with Crippen molar-refractivity contribution in [2.24, 2.45) is 0 Å². The Morgan fingerprint density at radius 3 is 1.91 bits per heavy atom. The second-order valence-electron chi connectivity index (χ2n) is 13.1. The Morgan fingerprint density at radius 2 is 1.39 bits per heavy atom. The van der Waals surface area contributed by atoms with E-state index in [2.05, 4.69) is 9.97 Å². The number of hydrogen-bond donors (Lipinski definition) is 0. The van der Waals surface area contributed by atoms with Crippen molar-refractivity contribution in [2.45, 2.75) is 71.3 Å². The number of benzene rings is 2. The van der Waals surface area contributed by atoms with Crippen LogP contribution in [0, 0.1) is 0 Å². The number of hydrogen-bond acceptors (Lipinski definition) is 9. The van der Waals surface area contributed by atoms with Crippen LogP contribution in [0.3, 0.4) is 0 Å². The molecule has 0 aliphatic carbocycles. The zero-order valence-corrected chi connectivity index (χ0v) is 29.7. The molecule has 1 aliphatic heterocycles. The Kier molecular flexibility index (Phi) is 13.0. The number of halogens is 9. The monoisotopic (exact) mass is 779 g/mol. The van der Waals surface area contributed by atoms with Gasteiger partial charge in [0, 0.05) is 32.7 Å². The zero-order valence-electron chi connectivity index (χ0n) is 29.7. The number of nitrogens with zero attached hydrogens (tertiary/aromatic N) is 5. The number of morpholine rings is 1. The van der Waals surface area contributed by atoms with E-state index in [4.69, 9.17) is 14.2 Å². The lowest BCUT2D eigenvalue weighted by molar-refractivity contribution is -0.155. The summed E-state index contributed by atoms with van der Waals surface area (Å²) in [5, 5.41) is 0. The highest BCUT2D eigenvalue weighted by Gasteiger charge is 2.37. The van der Waals surface area contributed by atoms with Gasteiger partial charge in [-0.15, -0.1) is 0 Å². The number of carbonyl (C=O) groups is 2. The largest absolute Gasteiger partial charge is 0.460 e. The van der Waals surface area contributed by atoms with E-state index in [0.29, 0.717) is 56.3 Å². The molecule has 19 heteroatoms. The van der Waals surface area contributed by atoms with Gasteiger partial charge in [-0.05, 0) is 75.2 Å². The topological polar surface area (TPSA) is 97.3 Å². The average Bonchev–Trinajstić information content (AvgIpc) is 3.07. The average molecular weight is 780 g/mol. The first-order chi connectivity index (χ1) is 25.0. The molecule has 1 amide bonds. The number of esters is 1. The molecule has 0 radical (unpaired) electrons. The number of carbonyl (C=O) groups excluding carboxylic acids is 2. The van der Waals surface area contributed by atoms with Crippen molar-refractivity contribution in [3.8, 4) is 0 Å². The maximum atomic E-state index is 14.0. The number of alkyl halides is 9. The summed E-state index contributed by atoms with van der Waals surface area (Å²) >= 11 is 0. The molecular weight excluding hydrogens is 741 g/mol. The Hall–Kier alpha value is -4.81. The van der Waals surface area contributed by atoms with Gasteiger partial charge in [-0.2, -0.15) is 39.5 Å². The van der Waals surface area contributed by atoms with Crippen molar-refractivity contribution in [1.82, 2.24) is 9.97 Å². The van der Waals surface area contributed by atoms with E-state index in [1.165, 1.54) is 19.3 Å². The van der Waals surface area contributed by atoms with Crippen LogP contribution < -0.4 is 14.7 Å². The van der Waals surface area contributed by atoms with Crippen LogP contribution >= 0.6 is 0 Å². The first kappa shape index (κ1) is 41.9. The number of aromatic nitrogens is 2. The molecular formula is C35H38F9N5O5. The minimum absolute atomic E-state index is 0.0417. The molecule has 1 saturated heterocycles. The van der Waals surface area contributed by atoms with Crippen LogP contribution in [0.2, 0.25) is 0 Å². The third-order valence-electron chi connectivity index (χ3n) is 7.85. The summed E-state index contributed by atoms with van der Waals surface area (Å²) < 4.78 is 141. The lowest BCUT2D eigenvalue weighted by Crippen LogP contribution is -2.36. The Balaban J connectivity index is 1.77. The lowest BCUT2D eigenvalue weighted by atomic mass is 10.0. The van der Waals surface area contributed by atoms with E-state index in [1.807, 2.05) is 4.90 Å². The van der Waals surface area contributed by atoms with Gasteiger partial charge in [0.15, 0.2) is 0 Å². The summed E-state index contributed by atoms with van der Waals surface area (Å²) in [7, 11) is 0. The first-order valence-electron chi connectivity index (χ1n) is 16.6. The quantitative estimate of drug-likeness (QED) is 0.141. The van der Waals surface area contributed by atoms with Gasteiger partial charge >= 0.3 is 30.6 Å². The van der Waals surface area contributed by atoms with Crippen molar-refractivity contribution in [3.05, 3.63) is 76.6 Å². The van der Waals surface area contributed by atoms with Crippen molar-refractivity contribution in [2.75, 3.05) is 54.2 Å². The second kappa shape index (κ2) is 16.7. The normalized spacial score (nSPS) is 14.1. The molecule has 0 N–H and O–H groups in total. The van der Waals surface area contributed by atoms with E-state index < -0.39 is 78.1 Å². The van der Waals surface area contributed by atoms with Crippen molar-refractivity contribution >= 4 is 29.4 Å². The van der Waals surface area contributed by atoms with E-state index >= 15 is 0 Å². The molecule has 1 aliphatic rings. The van der Waals surface area contributed by atoms with Crippen LogP contribution in [0.15, 0.2) is 48.8 Å². The van der Waals surface area contributed by atoms with E-state index in [9.17, 15) is 49.1 Å². The van der Waals surface area contributed by atoms with E-state index in [1.54, 1.807) is 20.8 Å². The second-order valence-corrected chi connectivity index (χ2v) is 13.1. The van der Waals surface area contributed by atoms with Gasteiger partial charge in [0.2, 0.25) is 5.95 Å². The van der Waals surface area contributed by atoms with Crippen LogP contribution in [-0.4, -0.2) is 67.1 Å². The highest BCUT2D eigenvalue weighted by atomic mass is 19.4. The third kappa shape index (κ3) is 11.6. The number of anilines is 3. The molecule has 2 heterocycles. The molecule has 2 aromatic carbocycles. The maximum Gasteiger partial charge on any atom is 0.416 e. The predicted molar refractivity (Wildman–Crippen MR) is 178 cm³/mol. The third-order valence-corrected chi connectivity index (χ3v) is 7.85. The summed E-state index contributed by atoms with van der Waals surface area (Å²) in [5.41, 5.74) is -5.48. The van der Waals surface area contributed by atoms with Gasteiger partial charge in [0.25, 0.3) is 0 Å². The molecule has 1 aromatic heterocycles. The number of ether oxygens (including phenoxy) is 3. The molecule has 10 nitrogen and oxygen atoms in total. The summed E-state index contributed by atoms with van der Waals surface area (Å²) in [6.07, 6.45) is -13.9. The minimum Gasteiger partial charge on any atom is -0.460 e. The lowest BCUT2D eigenvalue weighted by Gasteiger charge is -2.30. The van der Waals surface area contributed by atoms with Crippen LogP contribution in [0.5, 0.6) is 0 Å². The van der Waals surface area contributed by atoms with Gasteiger partial charge in [-0.3, -0.25) is 9.69 Å². The zero-order chi connectivity index (χ0) is 40.1. The molecule has 0 atom stereocenters. The van der Waals surface area contributed by atoms with Gasteiger partial charge < -0.3 is 24.0 Å². The highest BCUT2D eigenvalue weighted by molar-refractivity contribution is 5.89. The fourth-order valence-corrected chi connectivity index (χ4v) is 5.44. The standard InChI is InChI=1S/C35H38F9N5O5/c1-5-49(31(51)53-11-8-29(50)54-32(2,3)4)28-7-6-24(33(36,37)38)16-23(28)21-48(30-45-18-27(19-46-30)47-9-12-52-13-10-47)20-22-14-25(34(39,40)41)17-26(15-22)35(42,43)44/h6-7,14-19H,5,8-13,20-21H2,1-4H3. The van der Waals surface area contributed by atoms with Gasteiger partial charge in [-0.25, -0.2) is 14.8 Å². The highest BCUT2D eigenvalue weighted by Crippen LogP contribution is 2.38. The van der Waals surface area contributed by atoms with E-state index in [-0.39, 0.29) is 36.2 Å². The number of amides is 1. The molecule has 3 aromatic rings. The van der Waals surface area contributed by atoms with Crippen LogP contribution in [-0.2, 0) is 50.6 Å². The van der Waals surface area contributed by atoms with Crippen LogP contribution in [0.25, 0.3) is 0 Å². The molecule has 1 fully saturated rings. The fourth-order valence-electron chi connectivity index (χ4n) is 5.44. The molecule has 0 spiro atoms. The van der Waals surface area contributed by atoms with E-state index in [0.717, 1.165) is 15.9 Å². The van der Waals surface area contributed by atoms with Crippen LogP contribution in [0.4, 0.5) is 61.6 Å². The van der Waals surface area contributed by atoms with Crippen molar-refractivity contribution in [3.63, 3.8) is 0 Å². The van der Waals surface area contributed by atoms with Gasteiger partial charge in [-0.1, -0.05) is 0 Å². The van der Waals surface area contributed by atoms with Crippen molar-refractivity contribution < 1.29 is 63.3 Å². The SMILES string of the molecule is CCN(C(=O)OCCC(=O)OC(C)(C)C)c1ccc(C(F)(F)F)cc1CN(Cc1cc(C(F)(F)F)cc(C(F)(F)F)c1)c1ncc(N2CCOCC2)cn1.